The number of aromatic nitrogens is 2. The molecule has 0 aliphatic carbocycles. The van der Waals surface area contributed by atoms with Crippen LogP contribution in [0.1, 0.15) is 5.56 Å². The van der Waals surface area contributed by atoms with E-state index in [0.29, 0.717) is 0 Å². The normalized spacial score (nSPS) is 10.9. The van der Waals surface area contributed by atoms with E-state index in [4.69, 9.17) is 0 Å². The monoisotopic (exact) mass is 224 g/mol. The van der Waals surface area contributed by atoms with Crippen LogP contribution in [0.3, 0.4) is 0 Å². The average Bonchev–Trinajstić information content (AvgIpc) is 2.79. The number of fused-ring (bicyclic) bond motifs is 1. The molecule has 0 atom stereocenters. The lowest BCUT2D eigenvalue weighted by Crippen LogP contribution is -1.94. The Morgan fingerprint density at radius 1 is 1.06 bits per heavy atom. The molecule has 0 spiro atoms. The first-order valence-electron chi connectivity index (χ1n) is 5.48. The van der Waals surface area contributed by atoms with Gasteiger partial charge in [0.25, 0.3) is 0 Å². The van der Waals surface area contributed by atoms with Gasteiger partial charge in [-0.05, 0) is 48.4 Å². The molecule has 0 amide bonds. The van der Waals surface area contributed by atoms with Gasteiger partial charge in [-0.1, -0.05) is 6.07 Å². The second kappa shape index (κ2) is 3.63. The van der Waals surface area contributed by atoms with Crippen molar-refractivity contribution < 1.29 is 5.11 Å². The van der Waals surface area contributed by atoms with Crippen LogP contribution in [0, 0.1) is 6.92 Å². The SMILES string of the molecule is Cc1ccc2nccn2c1-c1ccc(O)cc1. The van der Waals surface area contributed by atoms with Gasteiger partial charge in [-0.3, -0.25) is 4.40 Å². The molecule has 2 heterocycles. The molecular weight excluding hydrogens is 212 g/mol. The van der Waals surface area contributed by atoms with Crippen molar-refractivity contribution in [3.05, 3.63) is 54.4 Å². The summed E-state index contributed by atoms with van der Waals surface area (Å²) < 4.78 is 2.06. The van der Waals surface area contributed by atoms with E-state index in [1.165, 1.54) is 5.56 Å². The maximum absolute atomic E-state index is 9.33. The molecule has 3 rings (SSSR count). The van der Waals surface area contributed by atoms with Crippen LogP contribution in [0.2, 0.25) is 0 Å². The van der Waals surface area contributed by atoms with Crippen molar-refractivity contribution in [2.75, 3.05) is 0 Å². The summed E-state index contributed by atoms with van der Waals surface area (Å²) >= 11 is 0. The quantitative estimate of drug-likeness (QED) is 0.690. The molecule has 84 valence electrons. The highest BCUT2D eigenvalue weighted by molar-refractivity contribution is 5.67. The fourth-order valence-corrected chi connectivity index (χ4v) is 2.08. The minimum absolute atomic E-state index is 0.282. The number of phenols is 1. The van der Waals surface area contributed by atoms with Gasteiger partial charge in [0.15, 0.2) is 0 Å². The van der Waals surface area contributed by atoms with Gasteiger partial charge in [0.1, 0.15) is 11.4 Å². The van der Waals surface area contributed by atoms with Crippen LogP contribution in [-0.4, -0.2) is 14.5 Å². The fourth-order valence-electron chi connectivity index (χ4n) is 2.08. The largest absolute Gasteiger partial charge is 0.508 e. The molecule has 0 saturated carbocycles. The summed E-state index contributed by atoms with van der Waals surface area (Å²) in [6.07, 6.45) is 3.74. The van der Waals surface area contributed by atoms with Crippen molar-refractivity contribution >= 4 is 5.65 Å². The van der Waals surface area contributed by atoms with Crippen molar-refractivity contribution in [2.24, 2.45) is 0 Å². The van der Waals surface area contributed by atoms with Crippen LogP contribution in [0.4, 0.5) is 0 Å². The molecule has 0 saturated heterocycles. The van der Waals surface area contributed by atoms with Crippen molar-refractivity contribution in [3.63, 3.8) is 0 Å². The number of phenolic OH excluding ortho intramolecular Hbond substituents is 1. The Hall–Kier alpha value is -2.29. The number of pyridine rings is 1. The maximum atomic E-state index is 9.33. The summed E-state index contributed by atoms with van der Waals surface area (Å²) in [5.41, 5.74) is 4.30. The van der Waals surface area contributed by atoms with Gasteiger partial charge >= 0.3 is 0 Å². The Bertz CT molecular complexity index is 668. The smallest absolute Gasteiger partial charge is 0.137 e. The highest BCUT2D eigenvalue weighted by Crippen LogP contribution is 2.25. The highest BCUT2D eigenvalue weighted by Gasteiger charge is 2.07. The third-order valence-corrected chi connectivity index (χ3v) is 2.91. The first kappa shape index (κ1) is 9.90. The van der Waals surface area contributed by atoms with Crippen molar-refractivity contribution in [1.29, 1.82) is 0 Å². The standard InChI is InChI=1S/C14H12N2O/c1-10-2-7-13-15-8-9-16(13)14(10)11-3-5-12(17)6-4-11/h2-9,17H,1H3. The van der Waals surface area contributed by atoms with Gasteiger partial charge in [0.05, 0.1) is 5.69 Å². The third kappa shape index (κ3) is 1.56. The molecule has 0 aliphatic heterocycles. The van der Waals surface area contributed by atoms with E-state index in [1.807, 2.05) is 24.4 Å². The van der Waals surface area contributed by atoms with Gasteiger partial charge in [-0.2, -0.15) is 0 Å². The van der Waals surface area contributed by atoms with E-state index in [9.17, 15) is 5.11 Å². The molecule has 3 nitrogen and oxygen atoms in total. The van der Waals surface area contributed by atoms with E-state index in [2.05, 4.69) is 22.4 Å². The van der Waals surface area contributed by atoms with Crippen molar-refractivity contribution in [3.8, 4) is 17.0 Å². The summed E-state index contributed by atoms with van der Waals surface area (Å²) in [4.78, 5) is 4.28. The number of nitrogens with zero attached hydrogens (tertiary/aromatic N) is 2. The molecule has 1 aromatic carbocycles. The first-order chi connectivity index (χ1) is 8.25. The van der Waals surface area contributed by atoms with Gasteiger partial charge in [0.2, 0.25) is 0 Å². The third-order valence-electron chi connectivity index (χ3n) is 2.91. The van der Waals surface area contributed by atoms with Gasteiger partial charge in [0, 0.05) is 12.4 Å². The second-order valence-electron chi connectivity index (χ2n) is 4.07. The van der Waals surface area contributed by atoms with Crippen molar-refractivity contribution in [1.82, 2.24) is 9.38 Å². The predicted octanol–water partition coefficient (Wildman–Crippen LogP) is 3.02. The summed E-state index contributed by atoms with van der Waals surface area (Å²) in [7, 11) is 0. The summed E-state index contributed by atoms with van der Waals surface area (Å²) in [5.74, 6) is 0.282. The molecule has 0 aliphatic rings. The highest BCUT2D eigenvalue weighted by atomic mass is 16.3. The van der Waals surface area contributed by atoms with E-state index in [1.54, 1.807) is 18.3 Å². The van der Waals surface area contributed by atoms with E-state index >= 15 is 0 Å². The number of benzene rings is 1. The molecule has 0 unspecified atom stereocenters. The fraction of sp³-hybridized carbons (Fsp3) is 0.0714. The lowest BCUT2D eigenvalue weighted by molar-refractivity contribution is 0.475. The van der Waals surface area contributed by atoms with E-state index < -0.39 is 0 Å². The number of rotatable bonds is 1. The van der Waals surface area contributed by atoms with Crippen LogP contribution >= 0.6 is 0 Å². The molecule has 3 heteroatoms. The van der Waals surface area contributed by atoms with Crippen LogP contribution in [0.5, 0.6) is 5.75 Å². The molecule has 0 fully saturated rings. The van der Waals surface area contributed by atoms with E-state index in [-0.39, 0.29) is 5.75 Å². The molecule has 17 heavy (non-hydrogen) atoms. The Kier molecular flexibility index (Phi) is 2.11. The zero-order chi connectivity index (χ0) is 11.8. The molecule has 0 radical (unpaired) electrons. The van der Waals surface area contributed by atoms with Gasteiger partial charge < -0.3 is 5.11 Å². The summed E-state index contributed by atoms with van der Waals surface area (Å²) in [5, 5.41) is 9.33. The lowest BCUT2D eigenvalue weighted by atomic mass is 10.1. The number of aromatic hydroxyl groups is 1. The molecule has 0 bridgehead atoms. The topological polar surface area (TPSA) is 37.5 Å². The Morgan fingerprint density at radius 3 is 2.59 bits per heavy atom. The first-order valence-corrected chi connectivity index (χ1v) is 5.48. The number of hydrogen-bond donors (Lipinski definition) is 1. The number of imidazole rings is 1. The Balaban J connectivity index is 2.31. The molecule has 3 aromatic rings. The summed E-state index contributed by atoms with van der Waals surface area (Å²) in [6.45, 7) is 2.07. The predicted molar refractivity (Wildman–Crippen MR) is 67.0 cm³/mol. The summed E-state index contributed by atoms with van der Waals surface area (Å²) in [6, 6.07) is 11.3. The zero-order valence-electron chi connectivity index (χ0n) is 9.46. The minimum atomic E-state index is 0.282. The number of hydrogen-bond acceptors (Lipinski definition) is 2. The average molecular weight is 224 g/mol. The molecule has 2 aromatic heterocycles. The Morgan fingerprint density at radius 2 is 1.82 bits per heavy atom. The van der Waals surface area contributed by atoms with Crippen LogP contribution < -0.4 is 0 Å². The maximum Gasteiger partial charge on any atom is 0.137 e. The van der Waals surface area contributed by atoms with E-state index in [0.717, 1.165) is 16.9 Å². The minimum Gasteiger partial charge on any atom is -0.508 e. The zero-order valence-corrected chi connectivity index (χ0v) is 9.46. The van der Waals surface area contributed by atoms with Gasteiger partial charge in [-0.25, -0.2) is 4.98 Å². The van der Waals surface area contributed by atoms with Crippen molar-refractivity contribution in [2.45, 2.75) is 6.92 Å². The van der Waals surface area contributed by atoms with Gasteiger partial charge in [-0.15, -0.1) is 0 Å². The molecular formula is C14H12N2O. The second-order valence-corrected chi connectivity index (χ2v) is 4.07. The lowest BCUT2D eigenvalue weighted by Gasteiger charge is -2.09. The Labute approximate surface area is 99.0 Å². The van der Waals surface area contributed by atoms with Crippen LogP contribution in [-0.2, 0) is 0 Å². The van der Waals surface area contributed by atoms with Crippen LogP contribution in [0.25, 0.3) is 16.9 Å². The molecule has 1 N–H and O–H groups in total. The van der Waals surface area contributed by atoms with Crippen LogP contribution in [0.15, 0.2) is 48.8 Å². The number of aryl methyl sites for hydroxylation is 1.